The monoisotopic (exact) mass is 772 g/mol. The van der Waals surface area contributed by atoms with E-state index in [0.29, 0.717) is 0 Å². The highest BCUT2D eigenvalue weighted by molar-refractivity contribution is 6.13. The summed E-state index contributed by atoms with van der Waals surface area (Å²) in [5.74, 6) is 1.63. The fourth-order valence-electron chi connectivity index (χ4n) is 9.21. The van der Waals surface area contributed by atoms with Crippen LogP contribution in [0.25, 0.3) is 112 Å². The highest BCUT2D eigenvalue weighted by atomic mass is 16.3. The van der Waals surface area contributed by atoms with E-state index >= 15 is 0 Å². The van der Waals surface area contributed by atoms with Crippen LogP contribution < -0.4 is 0 Å². The molecule has 11 aromatic rings. The summed E-state index contributed by atoms with van der Waals surface area (Å²) in [5, 5.41) is 6.88. The van der Waals surface area contributed by atoms with Gasteiger partial charge in [0.1, 0.15) is 22.7 Å². The van der Waals surface area contributed by atoms with Gasteiger partial charge in [-0.25, -0.2) is 0 Å². The van der Waals surface area contributed by atoms with E-state index in [1.807, 2.05) is 38.2 Å². The summed E-state index contributed by atoms with van der Waals surface area (Å²) in [4.78, 5) is 0. The van der Waals surface area contributed by atoms with E-state index in [4.69, 9.17) is 8.83 Å². The number of nitrogens with zero attached hydrogens (tertiary/aromatic N) is 2. The first kappa shape index (κ1) is 35.4. The minimum atomic E-state index is 0.791. The second-order valence-corrected chi connectivity index (χ2v) is 15.4. The molecule has 0 amide bonds. The summed E-state index contributed by atoms with van der Waals surface area (Å²) in [6.45, 7) is 12.3. The summed E-state index contributed by atoms with van der Waals surface area (Å²) in [6, 6.07) is 54.6. The Balaban J connectivity index is 1.01. The van der Waals surface area contributed by atoms with Crippen LogP contribution >= 0.6 is 0 Å². The third-order valence-corrected chi connectivity index (χ3v) is 12.0. The number of para-hydroxylation sites is 3. The lowest BCUT2D eigenvalue weighted by Gasteiger charge is -2.11. The van der Waals surface area contributed by atoms with E-state index in [-0.39, 0.29) is 0 Å². The molecule has 0 fully saturated rings. The molecule has 0 radical (unpaired) electrons. The minimum absolute atomic E-state index is 0.791. The lowest BCUT2D eigenvalue weighted by molar-refractivity contribution is 0.577. The van der Waals surface area contributed by atoms with E-state index in [2.05, 4.69) is 180 Å². The third kappa shape index (κ3) is 5.45. The Bertz CT molecular complexity index is 3600. The first-order valence-electron chi connectivity index (χ1n) is 20.3. The number of hydrogen-bond donors (Lipinski definition) is 0. The van der Waals surface area contributed by atoms with Crippen molar-refractivity contribution in [2.24, 2.45) is 0 Å². The topological polar surface area (TPSA) is 36.1 Å². The molecular weight excluding hydrogens is 733 g/mol. The first-order valence-corrected chi connectivity index (χ1v) is 20.3. The van der Waals surface area contributed by atoms with E-state index in [0.717, 1.165) is 78.1 Å². The molecule has 0 aliphatic carbocycles. The molecule has 60 heavy (non-hydrogen) atoms. The Morgan fingerprint density at radius 1 is 0.517 bits per heavy atom. The lowest BCUT2D eigenvalue weighted by Crippen LogP contribution is -1.95. The lowest BCUT2D eigenvalue weighted by atomic mass is 10.00. The van der Waals surface area contributed by atoms with E-state index < -0.39 is 0 Å². The van der Waals surface area contributed by atoms with Crippen LogP contribution in [-0.2, 0) is 0 Å². The van der Waals surface area contributed by atoms with Crippen LogP contribution in [0.15, 0.2) is 186 Å². The SMILES string of the molecule is C=C/C(=C\c1c(C)oc2cc3c(C=C)c(/C=C\C)oc3cc12)c1cccc(-n2c3ccccc3c3cc(-c4ccc5c(c4)c4ccccc4n5-c4ccccc4)ccc32)c1. The zero-order valence-corrected chi connectivity index (χ0v) is 33.4. The summed E-state index contributed by atoms with van der Waals surface area (Å²) in [7, 11) is 0. The van der Waals surface area contributed by atoms with Crippen LogP contribution in [0, 0.1) is 6.92 Å². The molecule has 0 spiro atoms. The quantitative estimate of drug-likeness (QED) is 0.144. The maximum absolute atomic E-state index is 6.36. The molecule has 4 aromatic heterocycles. The molecule has 0 N–H and O–H groups in total. The summed E-state index contributed by atoms with van der Waals surface area (Å²) in [6.07, 6.45) is 9.89. The number of hydrogen-bond acceptors (Lipinski definition) is 2. The van der Waals surface area contributed by atoms with Crippen molar-refractivity contribution in [3.05, 3.63) is 205 Å². The maximum atomic E-state index is 6.36. The number of aryl methyl sites for hydroxylation is 1. The Labute approximate surface area is 347 Å². The standard InChI is InChI=1S/C56H40N2O2/c1-5-16-54-42(7-3)48-33-55-49(34-56(48)60-54)45(35(4)59-55)30-36(6-2)37-17-15-20-41(29-37)58-51-24-14-12-22-44(51)47-32-39(26-28-53(47)58)38-25-27-52-46(31-38)43-21-11-13-23-50(43)57(52)40-18-9-8-10-19-40/h5-34H,2-3H2,1,4H3/b16-5-,36-30+. The van der Waals surface area contributed by atoms with Gasteiger partial charge in [-0.2, -0.15) is 0 Å². The molecule has 286 valence electrons. The Hall–Kier alpha value is -7.82. The average molecular weight is 773 g/mol. The number of benzene rings is 7. The van der Waals surface area contributed by atoms with Gasteiger partial charge in [0.05, 0.1) is 22.1 Å². The fourth-order valence-corrected chi connectivity index (χ4v) is 9.21. The van der Waals surface area contributed by atoms with Crippen molar-refractivity contribution < 1.29 is 8.83 Å². The molecule has 4 heterocycles. The predicted octanol–water partition coefficient (Wildman–Crippen LogP) is 15.8. The smallest absolute Gasteiger partial charge is 0.136 e. The van der Waals surface area contributed by atoms with Crippen molar-refractivity contribution in [1.82, 2.24) is 9.13 Å². The van der Waals surface area contributed by atoms with Crippen molar-refractivity contribution in [3.63, 3.8) is 0 Å². The molecular formula is C56H40N2O2. The van der Waals surface area contributed by atoms with E-state index in [1.165, 1.54) is 43.7 Å². The van der Waals surface area contributed by atoms with Gasteiger partial charge in [-0.3, -0.25) is 0 Å². The molecule has 0 saturated carbocycles. The van der Waals surface area contributed by atoms with Crippen molar-refractivity contribution in [3.8, 4) is 22.5 Å². The second kappa shape index (κ2) is 13.9. The summed E-state index contributed by atoms with van der Waals surface area (Å²) >= 11 is 0. The van der Waals surface area contributed by atoms with Gasteiger partial charge in [-0.05, 0) is 121 Å². The molecule has 0 bridgehead atoms. The number of furan rings is 2. The number of aromatic nitrogens is 2. The number of rotatable bonds is 8. The van der Waals surface area contributed by atoms with Gasteiger partial charge in [0, 0.05) is 54.8 Å². The van der Waals surface area contributed by atoms with Crippen LogP contribution in [-0.4, -0.2) is 9.13 Å². The molecule has 0 aliphatic rings. The van der Waals surface area contributed by atoms with E-state index in [9.17, 15) is 0 Å². The molecule has 0 aliphatic heterocycles. The van der Waals surface area contributed by atoms with Crippen molar-refractivity contribution in [2.75, 3.05) is 0 Å². The first-order chi connectivity index (χ1) is 29.5. The molecule has 0 saturated heterocycles. The molecule has 11 rings (SSSR count). The maximum Gasteiger partial charge on any atom is 0.136 e. The van der Waals surface area contributed by atoms with Crippen LogP contribution in [0.4, 0.5) is 0 Å². The highest BCUT2D eigenvalue weighted by Gasteiger charge is 2.19. The van der Waals surface area contributed by atoms with Crippen LogP contribution in [0.2, 0.25) is 0 Å². The highest BCUT2D eigenvalue weighted by Crippen LogP contribution is 2.40. The molecule has 0 unspecified atom stereocenters. The third-order valence-electron chi connectivity index (χ3n) is 12.0. The van der Waals surface area contributed by atoms with Gasteiger partial charge < -0.3 is 18.0 Å². The van der Waals surface area contributed by atoms with Gasteiger partial charge >= 0.3 is 0 Å². The average Bonchev–Trinajstić information content (AvgIpc) is 4.01. The van der Waals surface area contributed by atoms with Crippen LogP contribution in [0.5, 0.6) is 0 Å². The van der Waals surface area contributed by atoms with Crippen LogP contribution in [0.3, 0.4) is 0 Å². The van der Waals surface area contributed by atoms with Gasteiger partial charge in [0.15, 0.2) is 0 Å². The normalized spacial score (nSPS) is 12.3. The predicted molar refractivity (Wildman–Crippen MR) is 254 cm³/mol. The molecule has 0 atom stereocenters. The largest absolute Gasteiger partial charge is 0.461 e. The number of fused-ring (bicyclic) bond motifs is 8. The fraction of sp³-hybridized carbons (Fsp3) is 0.0357. The zero-order valence-electron chi connectivity index (χ0n) is 33.4. The van der Waals surface area contributed by atoms with Crippen molar-refractivity contribution in [2.45, 2.75) is 13.8 Å². The minimum Gasteiger partial charge on any atom is -0.461 e. The summed E-state index contributed by atoms with van der Waals surface area (Å²) < 4.78 is 17.4. The van der Waals surface area contributed by atoms with Gasteiger partial charge in [0.2, 0.25) is 0 Å². The van der Waals surface area contributed by atoms with Gasteiger partial charge in [-0.1, -0.05) is 110 Å². The number of allylic oxidation sites excluding steroid dienone is 3. The molecule has 7 aromatic carbocycles. The Kier molecular flexibility index (Phi) is 8.21. The zero-order chi connectivity index (χ0) is 40.5. The van der Waals surface area contributed by atoms with Crippen molar-refractivity contribution in [1.29, 1.82) is 0 Å². The van der Waals surface area contributed by atoms with E-state index in [1.54, 1.807) is 0 Å². The molecule has 4 nitrogen and oxygen atoms in total. The Morgan fingerprint density at radius 2 is 1.08 bits per heavy atom. The molecule has 4 heteroatoms. The van der Waals surface area contributed by atoms with Crippen LogP contribution in [0.1, 0.15) is 35.1 Å². The summed E-state index contributed by atoms with van der Waals surface area (Å²) in [5.41, 5.74) is 14.9. The second-order valence-electron chi connectivity index (χ2n) is 15.4. The van der Waals surface area contributed by atoms with Crippen molar-refractivity contribution >= 4 is 89.4 Å². The Morgan fingerprint density at radius 3 is 1.72 bits per heavy atom. The van der Waals surface area contributed by atoms with Gasteiger partial charge in [-0.15, -0.1) is 0 Å². The van der Waals surface area contributed by atoms with Gasteiger partial charge in [0.25, 0.3) is 0 Å².